The summed E-state index contributed by atoms with van der Waals surface area (Å²) in [6, 6.07) is 0. The molecule has 1 heterocycles. The van der Waals surface area contributed by atoms with Crippen LogP contribution in [0.2, 0.25) is 0 Å². The molecule has 0 bridgehead atoms. The monoisotopic (exact) mass is 341 g/mol. The molecule has 0 saturated carbocycles. The first kappa shape index (κ1) is 16.0. The van der Waals surface area contributed by atoms with Crippen LogP contribution in [-0.4, -0.2) is 50.3 Å². The van der Waals surface area contributed by atoms with Gasteiger partial charge in [-0.25, -0.2) is 0 Å². The van der Waals surface area contributed by atoms with Crippen LogP contribution in [0.15, 0.2) is 4.99 Å². The molecule has 0 aromatic heterocycles. The van der Waals surface area contributed by atoms with Gasteiger partial charge in [-0.3, -0.25) is 4.99 Å². The number of likely N-dealkylation sites (tertiary alicyclic amines) is 1. The largest absolute Gasteiger partial charge is 0.380 e. The maximum absolute atomic E-state index is 5.27. The second-order valence-corrected chi connectivity index (χ2v) is 3.63. The molecule has 0 radical (unpaired) electrons. The molecule has 0 aliphatic carbocycles. The van der Waals surface area contributed by atoms with Crippen molar-refractivity contribution in [3.63, 3.8) is 0 Å². The minimum absolute atomic E-state index is 0. The number of hydrogen-bond acceptors (Lipinski definition) is 2. The summed E-state index contributed by atoms with van der Waals surface area (Å²) in [6.07, 6.45) is 2.58. The minimum atomic E-state index is 0. The van der Waals surface area contributed by atoms with E-state index in [1.807, 2.05) is 6.92 Å². The van der Waals surface area contributed by atoms with Gasteiger partial charge in [0, 0.05) is 26.2 Å². The van der Waals surface area contributed by atoms with Crippen molar-refractivity contribution in [1.82, 2.24) is 10.2 Å². The van der Waals surface area contributed by atoms with Gasteiger partial charge >= 0.3 is 0 Å². The number of hydrogen-bond donors (Lipinski definition) is 1. The maximum Gasteiger partial charge on any atom is 0.193 e. The van der Waals surface area contributed by atoms with E-state index in [4.69, 9.17) is 4.74 Å². The van der Waals surface area contributed by atoms with Crippen LogP contribution in [0.5, 0.6) is 0 Å². The van der Waals surface area contributed by atoms with Crippen molar-refractivity contribution in [1.29, 1.82) is 0 Å². The van der Waals surface area contributed by atoms with Gasteiger partial charge in [0.05, 0.1) is 13.2 Å². The van der Waals surface area contributed by atoms with Crippen LogP contribution in [0.3, 0.4) is 0 Å². The third-order valence-electron chi connectivity index (χ3n) is 2.44. The van der Waals surface area contributed by atoms with E-state index >= 15 is 0 Å². The second kappa shape index (κ2) is 10.1. The third kappa shape index (κ3) is 5.89. The maximum atomic E-state index is 5.27. The summed E-state index contributed by atoms with van der Waals surface area (Å²) in [4.78, 5) is 6.87. The van der Waals surface area contributed by atoms with E-state index in [0.717, 1.165) is 45.4 Å². The molecule has 1 N–H and O–H groups in total. The lowest BCUT2D eigenvalue weighted by atomic mass is 10.4. The highest BCUT2D eigenvalue weighted by molar-refractivity contribution is 14.0. The van der Waals surface area contributed by atoms with Crippen LogP contribution < -0.4 is 5.32 Å². The summed E-state index contributed by atoms with van der Waals surface area (Å²) < 4.78 is 5.27. The zero-order valence-electron chi connectivity index (χ0n) is 10.4. The first-order valence-corrected chi connectivity index (χ1v) is 5.99. The Kier molecular flexibility index (Phi) is 10.1. The molecule has 5 heteroatoms. The number of aliphatic imine (C=N–C) groups is 1. The van der Waals surface area contributed by atoms with Gasteiger partial charge < -0.3 is 15.0 Å². The summed E-state index contributed by atoms with van der Waals surface area (Å²) in [5.41, 5.74) is 0. The van der Waals surface area contributed by atoms with Gasteiger partial charge in [0.1, 0.15) is 0 Å². The molecule has 0 spiro atoms. The predicted molar refractivity (Wildman–Crippen MR) is 78.7 cm³/mol. The molecule has 1 aliphatic heterocycles. The van der Waals surface area contributed by atoms with E-state index in [1.54, 1.807) is 0 Å². The Morgan fingerprint density at radius 3 is 2.56 bits per heavy atom. The molecule has 0 amide bonds. The van der Waals surface area contributed by atoms with E-state index < -0.39 is 0 Å². The first-order valence-electron chi connectivity index (χ1n) is 5.99. The minimum Gasteiger partial charge on any atom is -0.380 e. The van der Waals surface area contributed by atoms with Crippen molar-refractivity contribution >= 4 is 29.9 Å². The van der Waals surface area contributed by atoms with Gasteiger partial charge in [0.15, 0.2) is 5.96 Å². The predicted octanol–water partition coefficient (Wildman–Crippen LogP) is 1.70. The van der Waals surface area contributed by atoms with Crippen LogP contribution in [0.1, 0.15) is 26.7 Å². The lowest BCUT2D eigenvalue weighted by Crippen LogP contribution is -2.39. The Balaban J connectivity index is 0.00000225. The van der Waals surface area contributed by atoms with Gasteiger partial charge in [-0.2, -0.15) is 0 Å². The van der Waals surface area contributed by atoms with Crippen LogP contribution >= 0.6 is 24.0 Å². The molecule has 0 aromatic rings. The average Bonchev–Trinajstić information content (AvgIpc) is 2.76. The molecule has 1 saturated heterocycles. The average molecular weight is 341 g/mol. The number of halogens is 1. The molecule has 0 unspecified atom stereocenters. The molecular weight excluding hydrogens is 317 g/mol. The van der Waals surface area contributed by atoms with Crippen molar-refractivity contribution < 1.29 is 4.74 Å². The Morgan fingerprint density at radius 1 is 1.31 bits per heavy atom. The van der Waals surface area contributed by atoms with Gasteiger partial charge in [0.2, 0.25) is 0 Å². The molecule has 4 nitrogen and oxygen atoms in total. The zero-order valence-corrected chi connectivity index (χ0v) is 12.7. The smallest absolute Gasteiger partial charge is 0.193 e. The summed E-state index contributed by atoms with van der Waals surface area (Å²) in [5, 5.41) is 3.32. The van der Waals surface area contributed by atoms with Gasteiger partial charge in [-0.05, 0) is 26.7 Å². The summed E-state index contributed by atoms with van der Waals surface area (Å²) in [7, 11) is 0. The highest BCUT2D eigenvalue weighted by atomic mass is 127. The van der Waals surface area contributed by atoms with Crippen LogP contribution in [-0.2, 0) is 4.74 Å². The lowest BCUT2D eigenvalue weighted by molar-refractivity contribution is 0.155. The number of ether oxygens (including phenoxy) is 1. The van der Waals surface area contributed by atoms with E-state index in [1.165, 1.54) is 12.8 Å². The molecule has 16 heavy (non-hydrogen) atoms. The van der Waals surface area contributed by atoms with Crippen molar-refractivity contribution in [2.45, 2.75) is 26.7 Å². The lowest BCUT2D eigenvalue weighted by Gasteiger charge is -2.20. The fraction of sp³-hybridized carbons (Fsp3) is 0.909. The normalized spacial score (nSPS) is 16.1. The van der Waals surface area contributed by atoms with Crippen LogP contribution in [0.25, 0.3) is 0 Å². The number of nitrogens with one attached hydrogen (secondary N) is 1. The topological polar surface area (TPSA) is 36.9 Å². The third-order valence-corrected chi connectivity index (χ3v) is 2.44. The van der Waals surface area contributed by atoms with E-state index in [0.29, 0.717) is 0 Å². The molecule has 1 rings (SSSR count). The Hall–Kier alpha value is -0.0400. The van der Waals surface area contributed by atoms with Crippen molar-refractivity contribution in [2.24, 2.45) is 4.99 Å². The molecule has 0 atom stereocenters. The zero-order chi connectivity index (χ0) is 10.9. The fourth-order valence-corrected chi connectivity index (χ4v) is 1.72. The first-order chi connectivity index (χ1) is 7.38. The number of nitrogens with zero attached hydrogens (tertiary/aromatic N) is 2. The van der Waals surface area contributed by atoms with Crippen LogP contribution in [0.4, 0.5) is 0 Å². The highest BCUT2D eigenvalue weighted by Crippen LogP contribution is 2.07. The van der Waals surface area contributed by atoms with Gasteiger partial charge in [-0.1, -0.05) is 0 Å². The molecule has 1 fully saturated rings. The quantitative estimate of drug-likeness (QED) is 0.358. The SMILES string of the molecule is CCNC(=NCCOCC)N1CCCC1.I. The summed E-state index contributed by atoms with van der Waals surface area (Å²) in [5.74, 6) is 1.05. The fourth-order valence-electron chi connectivity index (χ4n) is 1.72. The van der Waals surface area contributed by atoms with E-state index in [2.05, 4.69) is 22.1 Å². The van der Waals surface area contributed by atoms with Gasteiger partial charge in [0.25, 0.3) is 0 Å². The van der Waals surface area contributed by atoms with Crippen molar-refractivity contribution in [3.05, 3.63) is 0 Å². The number of guanidine groups is 1. The standard InChI is InChI=1S/C11H23N3O.HI/c1-3-12-11(13-7-10-15-4-2)14-8-5-6-9-14;/h3-10H2,1-2H3,(H,12,13);1H. The van der Waals surface area contributed by atoms with E-state index in [9.17, 15) is 0 Å². The van der Waals surface area contributed by atoms with Crippen molar-refractivity contribution in [2.75, 3.05) is 39.4 Å². The van der Waals surface area contributed by atoms with Crippen molar-refractivity contribution in [3.8, 4) is 0 Å². The number of rotatable bonds is 5. The Labute approximate surface area is 116 Å². The second-order valence-electron chi connectivity index (χ2n) is 3.63. The highest BCUT2D eigenvalue weighted by Gasteiger charge is 2.14. The molecular formula is C11H24IN3O. The summed E-state index contributed by atoms with van der Waals surface area (Å²) in [6.45, 7) is 9.58. The molecule has 0 aromatic carbocycles. The van der Waals surface area contributed by atoms with E-state index in [-0.39, 0.29) is 24.0 Å². The summed E-state index contributed by atoms with van der Waals surface area (Å²) >= 11 is 0. The molecule has 96 valence electrons. The Bertz CT molecular complexity index is 194. The van der Waals surface area contributed by atoms with Crippen LogP contribution in [0, 0.1) is 0 Å². The Morgan fingerprint density at radius 2 is 2.00 bits per heavy atom. The molecule has 1 aliphatic rings. The van der Waals surface area contributed by atoms with Gasteiger partial charge in [-0.15, -0.1) is 24.0 Å².